The first-order valence-electron chi connectivity index (χ1n) is 12.2. The Balaban J connectivity index is 1.55. The summed E-state index contributed by atoms with van der Waals surface area (Å²) in [5, 5.41) is 0. The van der Waals surface area contributed by atoms with Gasteiger partial charge in [-0.3, -0.25) is 4.89 Å². The van der Waals surface area contributed by atoms with Crippen molar-refractivity contribution in [1.82, 2.24) is 0 Å². The Hall–Kier alpha value is -2.73. The number of rotatable bonds is 13. The third-order valence-electron chi connectivity index (χ3n) is 6.03. The van der Waals surface area contributed by atoms with E-state index in [-0.39, 0.29) is 18.0 Å². The van der Waals surface area contributed by atoms with E-state index in [2.05, 4.69) is 30.0 Å². The maximum Gasteiger partial charge on any atom is 0.342 e. The molecule has 2 unspecified atom stereocenters. The zero-order valence-corrected chi connectivity index (χ0v) is 20.1. The molecular formula is C27H37NO5. The number of hydrogen-bond donors (Lipinski definition) is 0. The number of anilines is 1. The average Bonchev–Trinajstić information content (AvgIpc) is 2.85. The van der Waals surface area contributed by atoms with Gasteiger partial charge in [-0.2, -0.15) is 4.89 Å². The summed E-state index contributed by atoms with van der Waals surface area (Å²) in [6.45, 7) is 8.86. The molecule has 2 atom stereocenters. The highest BCUT2D eigenvalue weighted by Gasteiger charge is 2.22. The normalized spacial score (nSPS) is 14.7. The lowest BCUT2D eigenvalue weighted by Crippen LogP contribution is -2.35. The number of hydrogen-bond acceptors (Lipinski definition) is 6. The van der Waals surface area contributed by atoms with E-state index in [4.69, 9.17) is 19.2 Å². The van der Waals surface area contributed by atoms with Crippen LogP contribution < -0.4 is 14.4 Å². The number of carbonyl (C=O) groups excluding carboxylic acids is 1. The maximum atomic E-state index is 11.5. The topological polar surface area (TPSA) is 57.2 Å². The standard InChI is InChI=1S/C27H37NO5/c1-4-6-7-10-24(21(3)32-33-27(29)5-2)22-13-15-23(16-14-22)30-19-17-28-18-20-31-26-12-9-8-11-25(26)28/h8-9,11-16,21,24H,4-7,10,17-20H2,1-3H3. The van der Waals surface area contributed by atoms with E-state index in [0.717, 1.165) is 49.5 Å². The minimum Gasteiger partial charge on any atom is -0.492 e. The highest BCUT2D eigenvalue weighted by molar-refractivity contribution is 5.68. The fraction of sp³-hybridized carbons (Fsp3) is 0.519. The van der Waals surface area contributed by atoms with Gasteiger partial charge in [-0.15, -0.1) is 0 Å². The zero-order valence-electron chi connectivity index (χ0n) is 20.1. The molecule has 0 aromatic heterocycles. The molecule has 0 N–H and O–H groups in total. The number of ether oxygens (including phenoxy) is 2. The molecule has 0 saturated carbocycles. The molecule has 6 heteroatoms. The monoisotopic (exact) mass is 455 g/mol. The quantitative estimate of drug-likeness (QED) is 0.213. The van der Waals surface area contributed by atoms with Crippen molar-refractivity contribution in [3.63, 3.8) is 0 Å². The van der Waals surface area contributed by atoms with E-state index in [1.807, 2.05) is 37.3 Å². The lowest BCUT2D eigenvalue weighted by molar-refractivity contribution is -0.298. The summed E-state index contributed by atoms with van der Waals surface area (Å²) in [5.74, 6) is 1.59. The number of para-hydroxylation sites is 2. The molecule has 2 aromatic rings. The number of unbranched alkanes of at least 4 members (excludes halogenated alkanes) is 2. The second-order valence-corrected chi connectivity index (χ2v) is 8.43. The van der Waals surface area contributed by atoms with E-state index >= 15 is 0 Å². The van der Waals surface area contributed by atoms with Crippen LogP contribution in [0, 0.1) is 0 Å². The Bertz CT molecular complexity index is 854. The predicted octanol–water partition coefficient (Wildman–Crippen LogP) is 5.90. The van der Waals surface area contributed by atoms with Crippen molar-refractivity contribution in [3.05, 3.63) is 54.1 Å². The summed E-state index contributed by atoms with van der Waals surface area (Å²) < 4.78 is 11.8. The van der Waals surface area contributed by atoms with Crippen molar-refractivity contribution in [2.75, 3.05) is 31.2 Å². The Kier molecular flexibility index (Phi) is 9.88. The second kappa shape index (κ2) is 13.1. The molecule has 0 fully saturated rings. The van der Waals surface area contributed by atoms with Gasteiger partial charge in [-0.05, 0) is 43.2 Å². The van der Waals surface area contributed by atoms with Crippen LogP contribution in [0.15, 0.2) is 48.5 Å². The summed E-state index contributed by atoms with van der Waals surface area (Å²) >= 11 is 0. The molecule has 0 aliphatic carbocycles. The Morgan fingerprint density at radius 1 is 1.09 bits per heavy atom. The van der Waals surface area contributed by atoms with Crippen LogP contribution in [0.5, 0.6) is 11.5 Å². The molecule has 1 heterocycles. The van der Waals surface area contributed by atoms with E-state index in [1.54, 1.807) is 6.92 Å². The van der Waals surface area contributed by atoms with Gasteiger partial charge in [0.1, 0.15) is 30.8 Å². The summed E-state index contributed by atoms with van der Waals surface area (Å²) in [6.07, 6.45) is 4.50. The van der Waals surface area contributed by atoms with Crippen LogP contribution in [-0.2, 0) is 14.6 Å². The first kappa shape index (κ1) is 24.9. The number of nitrogens with zero attached hydrogens (tertiary/aromatic N) is 1. The van der Waals surface area contributed by atoms with Crippen molar-refractivity contribution in [2.24, 2.45) is 0 Å². The van der Waals surface area contributed by atoms with Crippen molar-refractivity contribution < 1.29 is 24.0 Å². The summed E-state index contributed by atoms with van der Waals surface area (Å²) in [7, 11) is 0. The minimum atomic E-state index is -0.346. The van der Waals surface area contributed by atoms with Gasteiger partial charge in [0, 0.05) is 12.3 Å². The minimum absolute atomic E-state index is 0.153. The van der Waals surface area contributed by atoms with Gasteiger partial charge in [0.2, 0.25) is 0 Å². The lowest BCUT2D eigenvalue weighted by atomic mass is 9.89. The molecule has 0 amide bonds. The van der Waals surface area contributed by atoms with Crippen LogP contribution in [0.1, 0.15) is 64.4 Å². The molecule has 180 valence electrons. The average molecular weight is 456 g/mol. The van der Waals surface area contributed by atoms with Crippen LogP contribution in [-0.4, -0.2) is 38.4 Å². The third-order valence-corrected chi connectivity index (χ3v) is 6.03. The Morgan fingerprint density at radius 2 is 1.88 bits per heavy atom. The van der Waals surface area contributed by atoms with Crippen LogP contribution in [0.25, 0.3) is 0 Å². The van der Waals surface area contributed by atoms with Gasteiger partial charge < -0.3 is 14.4 Å². The molecule has 2 aromatic carbocycles. The SMILES string of the molecule is CCCCCC(c1ccc(OCCN2CCOc3ccccc32)cc1)C(C)OOC(=O)CC. The fourth-order valence-electron chi connectivity index (χ4n) is 4.09. The third kappa shape index (κ3) is 7.39. The molecule has 0 radical (unpaired) electrons. The molecule has 0 bridgehead atoms. The zero-order chi connectivity index (χ0) is 23.5. The van der Waals surface area contributed by atoms with E-state index in [0.29, 0.717) is 19.6 Å². The number of fused-ring (bicyclic) bond motifs is 1. The number of benzene rings is 2. The molecule has 6 nitrogen and oxygen atoms in total. The van der Waals surface area contributed by atoms with E-state index in [1.165, 1.54) is 12.0 Å². The lowest BCUT2D eigenvalue weighted by Gasteiger charge is -2.31. The first-order chi connectivity index (χ1) is 16.1. The first-order valence-corrected chi connectivity index (χ1v) is 12.2. The Morgan fingerprint density at radius 3 is 2.64 bits per heavy atom. The molecular weight excluding hydrogens is 418 g/mol. The largest absolute Gasteiger partial charge is 0.492 e. The van der Waals surface area contributed by atoms with Crippen molar-refractivity contribution in [3.8, 4) is 11.5 Å². The highest BCUT2D eigenvalue weighted by atomic mass is 17.2. The van der Waals surface area contributed by atoms with Crippen molar-refractivity contribution in [2.45, 2.75) is 64.9 Å². The maximum absolute atomic E-state index is 11.5. The van der Waals surface area contributed by atoms with Gasteiger partial charge >= 0.3 is 5.97 Å². The molecule has 1 aliphatic rings. The van der Waals surface area contributed by atoms with Crippen LogP contribution in [0.2, 0.25) is 0 Å². The van der Waals surface area contributed by atoms with Gasteiger partial charge in [0.25, 0.3) is 0 Å². The molecule has 0 saturated heterocycles. The molecule has 3 rings (SSSR count). The van der Waals surface area contributed by atoms with Crippen molar-refractivity contribution in [1.29, 1.82) is 0 Å². The predicted molar refractivity (Wildman–Crippen MR) is 130 cm³/mol. The summed E-state index contributed by atoms with van der Waals surface area (Å²) in [5.41, 5.74) is 2.29. The van der Waals surface area contributed by atoms with Gasteiger partial charge in [-0.1, -0.05) is 57.4 Å². The van der Waals surface area contributed by atoms with E-state index < -0.39 is 0 Å². The van der Waals surface area contributed by atoms with E-state index in [9.17, 15) is 4.79 Å². The smallest absolute Gasteiger partial charge is 0.342 e. The van der Waals surface area contributed by atoms with Crippen molar-refractivity contribution >= 4 is 11.7 Å². The van der Waals surface area contributed by atoms with Crippen LogP contribution in [0.4, 0.5) is 5.69 Å². The fourth-order valence-corrected chi connectivity index (χ4v) is 4.09. The molecule has 33 heavy (non-hydrogen) atoms. The number of carbonyl (C=O) groups is 1. The second-order valence-electron chi connectivity index (χ2n) is 8.43. The van der Waals surface area contributed by atoms with Gasteiger partial charge in [0.15, 0.2) is 0 Å². The van der Waals surface area contributed by atoms with Crippen LogP contribution >= 0.6 is 0 Å². The Labute approximate surface area is 197 Å². The highest BCUT2D eigenvalue weighted by Crippen LogP contribution is 2.31. The molecule has 0 spiro atoms. The van der Waals surface area contributed by atoms with Crippen LogP contribution in [0.3, 0.4) is 0 Å². The summed E-state index contributed by atoms with van der Waals surface area (Å²) in [4.78, 5) is 24.2. The van der Waals surface area contributed by atoms with Gasteiger partial charge in [0.05, 0.1) is 18.8 Å². The summed E-state index contributed by atoms with van der Waals surface area (Å²) in [6, 6.07) is 16.3. The molecule has 1 aliphatic heterocycles. The van der Waals surface area contributed by atoms with Gasteiger partial charge in [-0.25, -0.2) is 4.79 Å².